The lowest BCUT2D eigenvalue weighted by molar-refractivity contribution is -0.161. The van der Waals surface area contributed by atoms with Crippen LogP contribution in [0.15, 0.2) is 24.3 Å². The van der Waals surface area contributed by atoms with Gasteiger partial charge in [0, 0.05) is 25.7 Å². The molecule has 17 nitrogen and oxygen atoms in total. The Morgan fingerprint density at radius 2 is 0.566 bits per heavy atom. The maximum atomic E-state index is 13.1. The molecule has 0 rings (SSSR count). The molecule has 8 atom stereocenters. The molecule has 3 N–H and O–H groups in total. The molecule has 0 bridgehead atoms. The summed E-state index contributed by atoms with van der Waals surface area (Å²) in [5, 5.41) is 10.6. The SMILES string of the molecule is CCCCCC/C=C\C=C/CCCCCCCC(=O)OC[C@H](COP(=O)(O)OC[C@@H](O)COP(=O)(O)OC[C@@H](COC(=O)CCCCCCCCCCC(C)CC)OC(=O)CCCCCCCCCCCCC(C)CC)OC(=O)CCCCCCCCCCCCCCCCC(C)CC. The minimum Gasteiger partial charge on any atom is -0.462 e. The van der Waals surface area contributed by atoms with Gasteiger partial charge in [-0.05, 0) is 69.1 Å². The van der Waals surface area contributed by atoms with Crippen molar-refractivity contribution >= 4 is 39.5 Å². The van der Waals surface area contributed by atoms with E-state index in [0.717, 1.165) is 127 Å². The summed E-state index contributed by atoms with van der Waals surface area (Å²) in [6.07, 6.45) is 60.2. The fourth-order valence-corrected chi connectivity index (χ4v) is 13.3. The molecule has 5 unspecified atom stereocenters. The van der Waals surface area contributed by atoms with Crippen LogP contribution in [0.2, 0.25) is 0 Å². The van der Waals surface area contributed by atoms with E-state index in [9.17, 15) is 43.2 Å². The van der Waals surface area contributed by atoms with E-state index < -0.39 is 97.5 Å². The predicted molar refractivity (Wildman–Crippen MR) is 404 cm³/mol. The smallest absolute Gasteiger partial charge is 0.462 e. The maximum Gasteiger partial charge on any atom is 0.472 e. The lowest BCUT2D eigenvalue weighted by Gasteiger charge is -2.21. The van der Waals surface area contributed by atoms with Gasteiger partial charge in [0.1, 0.15) is 19.3 Å². The fourth-order valence-electron chi connectivity index (χ4n) is 11.7. The van der Waals surface area contributed by atoms with Crippen LogP contribution in [0.3, 0.4) is 0 Å². The van der Waals surface area contributed by atoms with Crippen LogP contribution in [-0.2, 0) is 65.4 Å². The van der Waals surface area contributed by atoms with Gasteiger partial charge in [0.25, 0.3) is 0 Å². The van der Waals surface area contributed by atoms with Crippen molar-refractivity contribution in [2.75, 3.05) is 39.6 Å². The summed E-state index contributed by atoms with van der Waals surface area (Å²) in [4.78, 5) is 73.0. The van der Waals surface area contributed by atoms with E-state index in [4.69, 9.17) is 37.0 Å². The van der Waals surface area contributed by atoms with Gasteiger partial charge in [0.15, 0.2) is 12.2 Å². The molecule has 0 heterocycles. The van der Waals surface area contributed by atoms with Crippen LogP contribution in [-0.4, -0.2) is 96.7 Å². The molecule has 0 spiro atoms. The van der Waals surface area contributed by atoms with Crippen molar-refractivity contribution in [3.63, 3.8) is 0 Å². The average molecular weight is 1450 g/mol. The number of carbonyl (C=O) groups excluding carboxylic acids is 4. The molecular formula is C80H152O17P2. The van der Waals surface area contributed by atoms with E-state index in [1.807, 2.05) is 0 Å². The zero-order valence-corrected chi connectivity index (χ0v) is 66.2. The zero-order valence-electron chi connectivity index (χ0n) is 64.4. The van der Waals surface area contributed by atoms with Crippen LogP contribution in [0.4, 0.5) is 0 Å². The number of hydrogen-bond acceptors (Lipinski definition) is 15. The van der Waals surface area contributed by atoms with Crippen LogP contribution in [0.25, 0.3) is 0 Å². The summed E-state index contributed by atoms with van der Waals surface area (Å²) in [5.74, 6) is 0.278. The first-order valence-corrected chi connectivity index (χ1v) is 43.8. The van der Waals surface area contributed by atoms with Crippen molar-refractivity contribution in [3.8, 4) is 0 Å². The molecule has 0 aliphatic rings. The van der Waals surface area contributed by atoms with Gasteiger partial charge in [0.2, 0.25) is 0 Å². The molecular weight excluding hydrogens is 1290 g/mol. The fraction of sp³-hybridized carbons (Fsp3) is 0.900. The van der Waals surface area contributed by atoms with Crippen molar-refractivity contribution in [3.05, 3.63) is 24.3 Å². The van der Waals surface area contributed by atoms with Crippen LogP contribution in [0, 0.1) is 17.8 Å². The summed E-state index contributed by atoms with van der Waals surface area (Å²) >= 11 is 0. The lowest BCUT2D eigenvalue weighted by Crippen LogP contribution is -2.30. The average Bonchev–Trinajstić information content (AvgIpc) is 0.975. The number of rotatable bonds is 76. The van der Waals surface area contributed by atoms with Gasteiger partial charge >= 0.3 is 39.5 Å². The predicted octanol–water partition coefficient (Wildman–Crippen LogP) is 23.3. The molecule has 0 aromatic carbocycles. The highest BCUT2D eigenvalue weighted by Gasteiger charge is 2.30. The number of aliphatic hydroxyl groups is 1. The Morgan fingerprint density at radius 3 is 0.848 bits per heavy atom. The third kappa shape index (κ3) is 69.7. The Labute approximate surface area is 605 Å². The second-order valence-corrected chi connectivity index (χ2v) is 31.8. The Kier molecular flexibility index (Phi) is 68.1. The molecule has 99 heavy (non-hydrogen) atoms. The summed E-state index contributed by atoms with van der Waals surface area (Å²) in [6.45, 7) is 11.9. The van der Waals surface area contributed by atoms with E-state index in [1.54, 1.807) is 0 Å². The van der Waals surface area contributed by atoms with Crippen molar-refractivity contribution in [2.45, 2.75) is 407 Å². The number of phosphoric acid groups is 2. The first-order valence-electron chi connectivity index (χ1n) is 40.8. The van der Waals surface area contributed by atoms with Crippen LogP contribution in [0.5, 0.6) is 0 Å². The number of esters is 4. The third-order valence-electron chi connectivity index (χ3n) is 19.1. The van der Waals surface area contributed by atoms with Crippen molar-refractivity contribution in [1.29, 1.82) is 0 Å². The van der Waals surface area contributed by atoms with E-state index >= 15 is 0 Å². The number of ether oxygens (including phenoxy) is 4. The largest absolute Gasteiger partial charge is 0.472 e. The minimum atomic E-state index is -4.97. The first-order chi connectivity index (χ1) is 47.8. The molecule has 584 valence electrons. The third-order valence-corrected chi connectivity index (χ3v) is 21.0. The number of unbranched alkanes of at least 4 members (excludes halogenated alkanes) is 38. The monoisotopic (exact) mass is 1450 g/mol. The molecule has 0 aliphatic heterocycles. The standard InChI is InChI=1S/C80H152O17P2/c1-8-12-13-14-15-16-17-18-19-23-26-32-40-47-54-61-77(82)90-67-75(96-79(84)63-56-49-42-33-27-24-21-20-22-25-30-37-44-51-58-71(5)9-2)69-94-98(86,87)92-65-74(81)66-93-99(88,89)95-70-76(68-91-78(83)62-55-48-41-36-35-39-46-53-60-73(7)11-4)97-80(85)64-57-50-43-34-29-28-31-38-45-52-59-72(6)10-3/h16-19,71-76,81H,8-15,20-70H2,1-7H3,(H,86,87)(H,88,89)/b17-16-,19-18-/t71?,72?,73?,74-,75-,76-/m1/s1. The van der Waals surface area contributed by atoms with Gasteiger partial charge in [-0.15, -0.1) is 0 Å². The van der Waals surface area contributed by atoms with Gasteiger partial charge < -0.3 is 33.8 Å². The van der Waals surface area contributed by atoms with Gasteiger partial charge in [-0.3, -0.25) is 37.3 Å². The Balaban J connectivity index is 5.31. The van der Waals surface area contributed by atoms with Crippen LogP contribution in [0.1, 0.15) is 389 Å². The van der Waals surface area contributed by atoms with Crippen molar-refractivity contribution < 1.29 is 80.2 Å². The molecule has 0 aromatic rings. The Bertz CT molecular complexity index is 2020. The molecule has 19 heteroatoms. The molecule has 0 radical (unpaired) electrons. The van der Waals surface area contributed by atoms with Gasteiger partial charge in [-0.25, -0.2) is 9.13 Å². The topological polar surface area (TPSA) is 237 Å². The number of allylic oxidation sites excluding steroid dienone is 4. The van der Waals surface area contributed by atoms with E-state index in [1.165, 1.54) is 180 Å². The molecule has 0 fully saturated rings. The molecule has 0 aliphatic carbocycles. The lowest BCUT2D eigenvalue weighted by atomic mass is 9.99. The first kappa shape index (κ1) is 96.5. The summed E-state index contributed by atoms with van der Waals surface area (Å²) in [7, 11) is -9.93. The maximum absolute atomic E-state index is 13.1. The summed E-state index contributed by atoms with van der Waals surface area (Å²) in [6, 6.07) is 0. The van der Waals surface area contributed by atoms with E-state index in [2.05, 4.69) is 72.8 Å². The summed E-state index contributed by atoms with van der Waals surface area (Å²) < 4.78 is 68.7. The highest BCUT2D eigenvalue weighted by atomic mass is 31.2. The van der Waals surface area contributed by atoms with Crippen LogP contribution >= 0.6 is 15.6 Å². The Morgan fingerprint density at radius 1 is 0.323 bits per heavy atom. The Hall–Kier alpha value is -2.46. The second-order valence-electron chi connectivity index (χ2n) is 28.8. The second kappa shape index (κ2) is 69.9. The van der Waals surface area contributed by atoms with Gasteiger partial charge in [-0.1, -0.05) is 336 Å². The molecule has 0 amide bonds. The van der Waals surface area contributed by atoms with Gasteiger partial charge in [-0.2, -0.15) is 0 Å². The number of hydrogen-bond donors (Lipinski definition) is 3. The van der Waals surface area contributed by atoms with Gasteiger partial charge in [0.05, 0.1) is 26.4 Å². The molecule has 0 aromatic heterocycles. The van der Waals surface area contributed by atoms with Crippen molar-refractivity contribution in [2.24, 2.45) is 17.8 Å². The van der Waals surface area contributed by atoms with Crippen LogP contribution < -0.4 is 0 Å². The highest BCUT2D eigenvalue weighted by molar-refractivity contribution is 7.47. The quantitative estimate of drug-likeness (QED) is 0.0169. The normalized spacial score (nSPS) is 15.0. The van der Waals surface area contributed by atoms with Crippen molar-refractivity contribution in [1.82, 2.24) is 0 Å². The number of aliphatic hydroxyl groups excluding tert-OH is 1. The number of carbonyl (C=O) groups is 4. The van der Waals surface area contributed by atoms with E-state index in [0.29, 0.717) is 25.7 Å². The summed E-state index contributed by atoms with van der Waals surface area (Å²) in [5.41, 5.74) is 0. The highest BCUT2D eigenvalue weighted by Crippen LogP contribution is 2.45. The molecule has 0 saturated heterocycles. The van der Waals surface area contributed by atoms with E-state index in [-0.39, 0.29) is 25.7 Å². The number of phosphoric ester groups is 2. The zero-order chi connectivity index (χ0) is 73.0. The molecule has 0 saturated carbocycles. The minimum absolute atomic E-state index is 0.100.